The summed E-state index contributed by atoms with van der Waals surface area (Å²) >= 11 is 0. The molecule has 0 radical (unpaired) electrons. The lowest BCUT2D eigenvalue weighted by atomic mass is 10.2. The number of fused-ring (bicyclic) bond motifs is 1. The molecule has 0 atom stereocenters. The van der Waals surface area contributed by atoms with Gasteiger partial charge in [0.15, 0.2) is 0 Å². The first-order chi connectivity index (χ1) is 8.72. The largest absolute Gasteiger partial charge is 0.327 e. The average molecular weight is 245 g/mol. The fourth-order valence-corrected chi connectivity index (χ4v) is 2.15. The Morgan fingerprint density at radius 1 is 1.39 bits per heavy atom. The van der Waals surface area contributed by atoms with E-state index in [1.165, 1.54) is 0 Å². The van der Waals surface area contributed by atoms with E-state index in [0.717, 1.165) is 36.4 Å². The van der Waals surface area contributed by atoms with E-state index in [4.69, 9.17) is 0 Å². The zero-order valence-electron chi connectivity index (χ0n) is 10.9. The molecule has 0 aliphatic heterocycles. The van der Waals surface area contributed by atoms with Gasteiger partial charge in [-0.3, -0.25) is 0 Å². The summed E-state index contributed by atoms with van der Waals surface area (Å²) in [4.78, 5) is 15.6. The van der Waals surface area contributed by atoms with Crippen molar-refractivity contribution in [3.63, 3.8) is 0 Å². The number of hydrogen-bond donors (Lipinski definition) is 1. The number of imidazole rings is 1. The third-order valence-electron chi connectivity index (χ3n) is 2.98. The molecule has 0 unspecified atom stereocenters. The number of nitrogens with zero attached hydrogens (tertiary/aromatic N) is 2. The Morgan fingerprint density at radius 3 is 2.89 bits per heavy atom. The molecule has 1 N–H and O–H groups in total. The summed E-state index contributed by atoms with van der Waals surface area (Å²) in [6, 6.07) is 8.12. The van der Waals surface area contributed by atoms with Crippen LogP contribution < -0.4 is 5.32 Å². The Hall–Kier alpha value is -1.68. The van der Waals surface area contributed by atoms with Gasteiger partial charge in [-0.05, 0) is 32.5 Å². The van der Waals surface area contributed by atoms with Crippen molar-refractivity contribution in [3.05, 3.63) is 30.1 Å². The maximum atomic E-state index is 11.0. The van der Waals surface area contributed by atoms with Gasteiger partial charge in [-0.2, -0.15) is 0 Å². The first kappa shape index (κ1) is 12.8. The molecule has 4 nitrogen and oxygen atoms in total. The highest BCUT2D eigenvalue weighted by atomic mass is 16.1. The maximum Gasteiger partial charge on any atom is 0.129 e. The minimum atomic E-state index is 0.245. The molecule has 0 amide bonds. The lowest BCUT2D eigenvalue weighted by Crippen LogP contribution is -2.13. The first-order valence-corrected chi connectivity index (χ1v) is 6.30. The third kappa shape index (κ3) is 2.76. The van der Waals surface area contributed by atoms with Gasteiger partial charge in [0.25, 0.3) is 0 Å². The summed E-state index contributed by atoms with van der Waals surface area (Å²) in [6.45, 7) is 3.23. The number of carbonyl (C=O) groups is 1. The van der Waals surface area contributed by atoms with E-state index in [9.17, 15) is 4.79 Å². The molecule has 4 heteroatoms. The maximum absolute atomic E-state index is 11.0. The highest BCUT2D eigenvalue weighted by molar-refractivity contribution is 5.76. The number of carbonyl (C=O) groups excluding carboxylic acids is 1. The monoisotopic (exact) mass is 245 g/mol. The fraction of sp³-hybridized carbons (Fsp3) is 0.429. The van der Waals surface area contributed by atoms with Crippen LogP contribution in [0.5, 0.6) is 0 Å². The summed E-state index contributed by atoms with van der Waals surface area (Å²) in [5.74, 6) is 1.27. The zero-order chi connectivity index (χ0) is 13.0. The Kier molecular flexibility index (Phi) is 4.10. The Morgan fingerprint density at radius 2 is 2.17 bits per heavy atom. The van der Waals surface area contributed by atoms with Crippen molar-refractivity contribution in [2.75, 3.05) is 7.05 Å². The summed E-state index contributed by atoms with van der Waals surface area (Å²) < 4.78 is 2.20. The van der Waals surface area contributed by atoms with Crippen LogP contribution in [0, 0.1) is 0 Å². The van der Waals surface area contributed by atoms with Gasteiger partial charge >= 0.3 is 0 Å². The Bertz CT molecular complexity index is 545. The van der Waals surface area contributed by atoms with Gasteiger partial charge in [0, 0.05) is 13.0 Å². The van der Waals surface area contributed by atoms with Crippen LogP contribution in [-0.2, 0) is 17.9 Å². The van der Waals surface area contributed by atoms with Crippen molar-refractivity contribution in [3.8, 4) is 0 Å². The van der Waals surface area contributed by atoms with Crippen LogP contribution in [0.4, 0.5) is 0 Å². The molecule has 0 saturated heterocycles. The van der Waals surface area contributed by atoms with Gasteiger partial charge in [0.2, 0.25) is 0 Å². The molecule has 1 aromatic heterocycles. The lowest BCUT2D eigenvalue weighted by molar-refractivity contribution is -0.117. The van der Waals surface area contributed by atoms with Crippen LogP contribution in [0.3, 0.4) is 0 Å². The van der Waals surface area contributed by atoms with Crippen LogP contribution in [0.15, 0.2) is 24.3 Å². The topological polar surface area (TPSA) is 46.9 Å². The summed E-state index contributed by atoms with van der Waals surface area (Å²) in [7, 11) is 1.92. The van der Waals surface area contributed by atoms with Crippen LogP contribution in [0.2, 0.25) is 0 Å². The number of rotatable bonds is 6. The molecule has 96 valence electrons. The molecule has 18 heavy (non-hydrogen) atoms. The second-order valence-electron chi connectivity index (χ2n) is 4.50. The van der Waals surface area contributed by atoms with Crippen molar-refractivity contribution in [1.29, 1.82) is 0 Å². The van der Waals surface area contributed by atoms with Crippen LogP contribution in [-0.4, -0.2) is 22.4 Å². The normalized spacial score (nSPS) is 11.0. The number of nitrogens with one attached hydrogen (secondary N) is 1. The summed E-state index contributed by atoms with van der Waals surface area (Å²) in [6.07, 6.45) is 1.50. The van der Waals surface area contributed by atoms with Crippen molar-refractivity contribution in [1.82, 2.24) is 14.9 Å². The van der Waals surface area contributed by atoms with Crippen molar-refractivity contribution in [2.45, 2.75) is 32.9 Å². The predicted octanol–water partition coefficient (Wildman–Crippen LogP) is 2.12. The number of Topliss-reactive ketones (excluding diaryl/α,β-unsaturated/α-hetero) is 1. The second-order valence-corrected chi connectivity index (χ2v) is 4.50. The van der Waals surface area contributed by atoms with Gasteiger partial charge < -0.3 is 14.7 Å². The van der Waals surface area contributed by atoms with Crippen LogP contribution in [0.1, 0.15) is 25.6 Å². The fourth-order valence-electron chi connectivity index (χ4n) is 2.15. The number of benzene rings is 1. The van der Waals surface area contributed by atoms with Crippen LogP contribution in [0.25, 0.3) is 11.0 Å². The number of aryl methyl sites for hydroxylation is 1. The first-order valence-electron chi connectivity index (χ1n) is 6.30. The second kappa shape index (κ2) is 5.78. The van der Waals surface area contributed by atoms with Gasteiger partial charge in [-0.1, -0.05) is 12.1 Å². The minimum Gasteiger partial charge on any atom is -0.327 e. The molecule has 1 aromatic carbocycles. The smallest absolute Gasteiger partial charge is 0.129 e. The highest BCUT2D eigenvalue weighted by Gasteiger charge is 2.09. The molecule has 0 fully saturated rings. The third-order valence-corrected chi connectivity index (χ3v) is 2.98. The molecule has 0 aliphatic carbocycles. The SMILES string of the molecule is CNCc1nc2ccccc2n1CCCC(C)=O. The lowest BCUT2D eigenvalue weighted by Gasteiger charge is -2.08. The summed E-state index contributed by atoms with van der Waals surface area (Å²) in [5, 5.41) is 3.13. The van der Waals surface area contributed by atoms with Crippen molar-refractivity contribution >= 4 is 16.8 Å². The molecule has 0 saturated carbocycles. The van der Waals surface area contributed by atoms with E-state index in [1.54, 1.807) is 6.92 Å². The van der Waals surface area contributed by atoms with Crippen molar-refractivity contribution < 1.29 is 4.79 Å². The minimum absolute atomic E-state index is 0.245. The van der Waals surface area contributed by atoms with Crippen molar-refractivity contribution in [2.24, 2.45) is 0 Å². The molecule has 2 rings (SSSR count). The molecule has 0 bridgehead atoms. The molecule has 0 spiro atoms. The van der Waals surface area contributed by atoms with Gasteiger partial charge in [-0.25, -0.2) is 4.98 Å². The highest BCUT2D eigenvalue weighted by Crippen LogP contribution is 2.16. The molecule has 2 aromatic rings. The average Bonchev–Trinajstić information content (AvgIpc) is 2.68. The Labute approximate surface area is 107 Å². The van der Waals surface area contributed by atoms with Gasteiger partial charge in [0.1, 0.15) is 11.6 Å². The molecule has 0 aliphatic rings. The quantitative estimate of drug-likeness (QED) is 0.848. The number of hydrogen-bond acceptors (Lipinski definition) is 3. The van der Waals surface area contributed by atoms with Gasteiger partial charge in [0.05, 0.1) is 17.6 Å². The van der Waals surface area contributed by atoms with E-state index >= 15 is 0 Å². The summed E-state index contributed by atoms with van der Waals surface area (Å²) in [5.41, 5.74) is 2.16. The molecule has 1 heterocycles. The zero-order valence-corrected chi connectivity index (χ0v) is 10.9. The van der Waals surface area contributed by atoms with E-state index in [1.807, 2.05) is 25.2 Å². The van der Waals surface area contributed by atoms with E-state index in [0.29, 0.717) is 6.42 Å². The van der Waals surface area contributed by atoms with E-state index in [-0.39, 0.29) is 5.78 Å². The predicted molar refractivity (Wildman–Crippen MR) is 72.4 cm³/mol. The number of ketones is 1. The van der Waals surface area contributed by atoms with Gasteiger partial charge in [-0.15, -0.1) is 0 Å². The van der Waals surface area contributed by atoms with E-state index in [2.05, 4.69) is 20.9 Å². The molecular weight excluding hydrogens is 226 g/mol. The number of aromatic nitrogens is 2. The van der Waals surface area contributed by atoms with E-state index < -0.39 is 0 Å². The number of para-hydroxylation sites is 2. The van der Waals surface area contributed by atoms with Crippen LogP contribution >= 0.6 is 0 Å². The Balaban J connectivity index is 2.26. The molecular formula is C14H19N3O. The standard InChI is InChI=1S/C14H19N3O/c1-11(18)6-5-9-17-13-8-4-3-7-12(13)16-14(17)10-15-2/h3-4,7-8,15H,5-6,9-10H2,1-2H3.